The van der Waals surface area contributed by atoms with E-state index in [2.05, 4.69) is 0 Å². The molecule has 1 rings (SSSR count). The monoisotopic (exact) mass is 242 g/mol. The maximum Gasteiger partial charge on any atom is 0.305 e. The average molecular weight is 243 g/mol. The molecule has 1 aromatic carbocycles. The molecule has 0 saturated carbocycles. The predicted octanol–water partition coefficient (Wildman–Crippen LogP) is 3.06. The fourth-order valence-corrected chi connectivity index (χ4v) is 1.22. The van der Waals surface area contributed by atoms with Gasteiger partial charge in [0.15, 0.2) is 0 Å². The van der Waals surface area contributed by atoms with Crippen molar-refractivity contribution in [2.75, 3.05) is 6.61 Å². The fraction of sp³-hybridized carbons (Fsp3) is 0.417. The van der Waals surface area contributed by atoms with Gasteiger partial charge < -0.3 is 9.47 Å². The zero-order chi connectivity index (χ0) is 12.0. The van der Waals surface area contributed by atoms with Crippen LogP contribution in [0, 0.1) is 0 Å². The summed E-state index contributed by atoms with van der Waals surface area (Å²) < 4.78 is 10.5. The van der Waals surface area contributed by atoms with E-state index in [1.54, 1.807) is 31.2 Å². The number of esters is 1. The molecule has 0 amide bonds. The second-order valence-electron chi connectivity index (χ2n) is 3.42. The molecule has 1 unspecified atom stereocenters. The molecule has 0 heterocycles. The molecule has 1 aromatic rings. The number of rotatable bonds is 5. The maximum absolute atomic E-state index is 10.9. The summed E-state index contributed by atoms with van der Waals surface area (Å²) in [5.41, 5.74) is 0. The minimum absolute atomic E-state index is 0.170. The highest BCUT2D eigenvalue weighted by molar-refractivity contribution is 6.30. The van der Waals surface area contributed by atoms with E-state index in [9.17, 15) is 4.79 Å². The molecule has 0 aliphatic heterocycles. The fourth-order valence-electron chi connectivity index (χ4n) is 1.09. The topological polar surface area (TPSA) is 35.5 Å². The molecule has 0 fully saturated rings. The first-order valence-electron chi connectivity index (χ1n) is 5.19. The summed E-state index contributed by atoms with van der Waals surface area (Å²) in [7, 11) is 0. The van der Waals surface area contributed by atoms with Crippen LogP contribution in [0.15, 0.2) is 24.3 Å². The van der Waals surface area contributed by atoms with Gasteiger partial charge >= 0.3 is 5.97 Å². The van der Waals surface area contributed by atoms with E-state index in [0.29, 0.717) is 17.2 Å². The van der Waals surface area contributed by atoms with E-state index in [1.165, 1.54) is 0 Å². The molecule has 16 heavy (non-hydrogen) atoms. The van der Waals surface area contributed by atoms with Gasteiger partial charge in [0, 0.05) is 11.4 Å². The van der Waals surface area contributed by atoms with Crippen LogP contribution in [0.3, 0.4) is 0 Å². The van der Waals surface area contributed by atoms with Crippen LogP contribution in [0.2, 0.25) is 5.02 Å². The van der Waals surface area contributed by atoms with Crippen LogP contribution in [0.4, 0.5) is 0 Å². The largest absolute Gasteiger partial charge is 0.487 e. The van der Waals surface area contributed by atoms with Gasteiger partial charge in [-0.25, -0.2) is 0 Å². The molecular weight excluding hydrogens is 228 g/mol. The molecule has 0 radical (unpaired) electrons. The SMILES string of the molecule is CCC(=O)OCC(C)Oc1ccc(Cl)cc1. The van der Waals surface area contributed by atoms with Gasteiger partial charge in [-0.05, 0) is 31.2 Å². The summed E-state index contributed by atoms with van der Waals surface area (Å²) in [6, 6.07) is 7.06. The Labute approximate surface area is 100 Å². The number of carbonyl (C=O) groups is 1. The Morgan fingerprint density at radius 3 is 2.56 bits per heavy atom. The van der Waals surface area contributed by atoms with E-state index >= 15 is 0 Å². The van der Waals surface area contributed by atoms with Gasteiger partial charge in [0.2, 0.25) is 0 Å². The third-order valence-corrected chi connectivity index (χ3v) is 2.17. The molecular formula is C12H15ClO3. The van der Waals surface area contributed by atoms with Crippen molar-refractivity contribution < 1.29 is 14.3 Å². The molecule has 0 aromatic heterocycles. The third kappa shape index (κ3) is 4.53. The molecule has 0 spiro atoms. The van der Waals surface area contributed by atoms with Crippen molar-refractivity contribution in [3.8, 4) is 5.75 Å². The van der Waals surface area contributed by atoms with Gasteiger partial charge in [0.05, 0.1) is 0 Å². The number of carbonyl (C=O) groups excluding carboxylic acids is 1. The number of hydrogen-bond acceptors (Lipinski definition) is 3. The Bertz CT molecular complexity index is 335. The van der Waals surface area contributed by atoms with Crippen molar-refractivity contribution in [2.45, 2.75) is 26.4 Å². The normalized spacial score (nSPS) is 11.9. The Balaban J connectivity index is 2.36. The average Bonchev–Trinajstić information content (AvgIpc) is 2.29. The minimum Gasteiger partial charge on any atom is -0.487 e. The van der Waals surface area contributed by atoms with Crippen molar-refractivity contribution in [2.24, 2.45) is 0 Å². The quantitative estimate of drug-likeness (QED) is 0.745. The smallest absolute Gasteiger partial charge is 0.305 e. The van der Waals surface area contributed by atoms with Crippen molar-refractivity contribution >= 4 is 17.6 Å². The number of halogens is 1. The summed E-state index contributed by atoms with van der Waals surface area (Å²) >= 11 is 5.74. The van der Waals surface area contributed by atoms with Gasteiger partial charge in [-0.3, -0.25) is 4.79 Å². The molecule has 0 N–H and O–H groups in total. The van der Waals surface area contributed by atoms with Crippen LogP contribution < -0.4 is 4.74 Å². The maximum atomic E-state index is 10.9. The summed E-state index contributed by atoms with van der Waals surface area (Å²) in [4.78, 5) is 10.9. The Kier molecular flexibility index (Phi) is 5.12. The first kappa shape index (κ1) is 12.8. The van der Waals surface area contributed by atoms with Gasteiger partial charge in [-0.1, -0.05) is 18.5 Å². The second-order valence-corrected chi connectivity index (χ2v) is 3.86. The molecule has 1 atom stereocenters. The molecule has 3 nitrogen and oxygen atoms in total. The van der Waals surface area contributed by atoms with Gasteiger partial charge in [-0.15, -0.1) is 0 Å². The van der Waals surface area contributed by atoms with Crippen molar-refractivity contribution in [1.82, 2.24) is 0 Å². The Hall–Kier alpha value is -1.22. The summed E-state index contributed by atoms with van der Waals surface area (Å²) in [6.45, 7) is 3.86. The van der Waals surface area contributed by atoms with Crippen LogP contribution in [0.5, 0.6) is 5.75 Å². The molecule has 0 saturated heterocycles. The van der Waals surface area contributed by atoms with Crippen molar-refractivity contribution in [3.63, 3.8) is 0 Å². The lowest BCUT2D eigenvalue weighted by molar-refractivity contribution is -0.145. The number of ether oxygens (including phenoxy) is 2. The van der Waals surface area contributed by atoms with E-state index in [1.807, 2.05) is 6.92 Å². The van der Waals surface area contributed by atoms with Gasteiger partial charge in [0.25, 0.3) is 0 Å². The zero-order valence-electron chi connectivity index (χ0n) is 9.40. The highest BCUT2D eigenvalue weighted by Gasteiger charge is 2.07. The minimum atomic E-state index is -0.216. The van der Waals surface area contributed by atoms with Gasteiger partial charge in [0.1, 0.15) is 18.5 Å². The van der Waals surface area contributed by atoms with Crippen LogP contribution in [0.25, 0.3) is 0 Å². The van der Waals surface area contributed by atoms with Gasteiger partial charge in [-0.2, -0.15) is 0 Å². The first-order chi connectivity index (χ1) is 7.61. The standard InChI is InChI=1S/C12H15ClO3/c1-3-12(14)15-8-9(2)16-11-6-4-10(13)5-7-11/h4-7,9H,3,8H2,1-2H3. The lowest BCUT2D eigenvalue weighted by Crippen LogP contribution is -2.21. The second kappa shape index (κ2) is 6.38. The van der Waals surface area contributed by atoms with Crippen molar-refractivity contribution in [1.29, 1.82) is 0 Å². The summed E-state index contributed by atoms with van der Waals surface area (Å²) in [5, 5.41) is 0.664. The molecule has 0 aliphatic rings. The Morgan fingerprint density at radius 2 is 2.00 bits per heavy atom. The highest BCUT2D eigenvalue weighted by Crippen LogP contribution is 2.16. The van der Waals surface area contributed by atoms with Crippen LogP contribution in [0.1, 0.15) is 20.3 Å². The van der Waals surface area contributed by atoms with E-state index < -0.39 is 0 Å². The van der Waals surface area contributed by atoms with Crippen LogP contribution >= 0.6 is 11.6 Å². The molecule has 0 aliphatic carbocycles. The predicted molar refractivity (Wildman–Crippen MR) is 62.8 cm³/mol. The third-order valence-electron chi connectivity index (χ3n) is 1.92. The molecule has 0 bridgehead atoms. The Morgan fingerprint density at radius 1 is 1.38 bits per heavy atom. The number of hydrogen-bond donors (Lipinski definition) is 0. The van der Waals surface area contributed by atoms with Crippen molar-refractivity contribution in [3.05, 3.63) is 29.3 Å². The number of benzene rings is 1. The lowest BCUT2D eigenvalue weighted by atomic mass is 10.3. The lowest BCUT2D eigenvalue weighted by Gasteiger charge is -2.14. The zero-order valence-corrected chi connectivity index (χ0v) is 10.2. The molecule has 4 heteroatoms. The van der Waals surface area contributed by atoms with Crippen LogP contribution in [-0.2, 0) is 9.53 Å². The summed E-state index contributed by atoms with van der Waals surface area (Å²) in [6.07, 6.45) is 0.213. The summed E-state index contributed by atoms with van der Waals surface area (Å²) in [5.74, 6) is 0.496. The molecule has 88 valence electrons. The van der Waals surface area contributed by atoms with Crippen LogP contribution in [-0.4, -0.2) is 18.7 Å². The van der Waals surface area contributed by atoms with E-state index in [-0.39, 0.29) is 18.7 Å². The van der Waals surface area contributed by atoms with E-state index in [4.69, 9.17) is 21.1 Å². The first-order valence-corrected chi connectivity index (χ1v) is 5.57. The highest BCUT2D eigenvalue weighted by atomic mass is 35.5. The van der Waals surface area contributed by atoms with E-state index in [0.717, 1.165) is 0 Å².